The van der Waals surface area contributed by atoms with Crippen molar-refractivity contribution in [3.63, 3.8) is 0 Å². The summed E-state index contributed by atoms with van der Waals surface area (Å²) in [5, 5.41) is 3.80. The SMILES string of the molecule is O=C1CC(C(=O)N2CCc3[nH]c4ccccc4c3C2)c2ccc(F)cc2N1. The van der Waals surface area contributed by atoms with Crippen LogP contribution in [-0.4, -0.2) is 28.2 Å². The number of rotatable bonds is 1. The van der Waals surface area contributed by atoms with Gasteiger partial charge in [-0.2, -0.15) is 0 Å². The smallest absolute Gasteiger partial charge is 0.231 e. The average Bonchev–Trinajstić information content (AvgIpc) is 3.04. The number of amides is 2. The maximum absolute atomic E-state index is 13.5. The minimum absolute atomic E-state index is 0.0753. The highest BCUT2D eigenvalue weighted by atomic mass is 19.1. The number of benzene rings is 2. The molecule has 0 spiro atoms. The third kappa shape index (κ3) is 2.60. The number of aromatic nitrogens is 1. The molecule has 0 fully saturated rings. The Morgan fingerprint density at radius 2 is 2.04 bits per heavy atom. The van der Waals surface area contributed by atoms with E-state index in [-0.39, 0.29) is 18.2 Å². The van der Waals surface area contributed by atoms with Crippen LogP contribution in [0.1, 0.15) is 29.2 Å². The fraction of sp³-hybridized carbons (Fsp3) is 0.238. The highest BCUT2D eigenvalue weighted by molar-refractivity contribution is 6.01. The molecule has 2 aliphatic heterocycles. The molecule has 2 N–H and O–H groups in total. The lowest BCUT2D eigenvalue weighted by atomic mass is 9.88. The molecule has 6 heteroatoms. The number of para-hydroxylation sites is 1. The van der Waals surface area contributed by atoms with Gasteiger partial charge in [0.15, 0.2) is 0 Å². The van der Waals surface area contributed by atoms with Crippen molar-refractivity contribution in [3.05, 3.63) is 65.1 Å². The largest absolute Gasteiger partial charge is 0.358 e. The van der Waals surface area contributed by atoms with Crippen LogP contribution < -0.4 is 5.32 Å². The third-order valence-electron chi connectivity index (χ3n) is 5.55. The zero-order chi connectivity index (χ0) is 18.5. The zero-order valence-corrected chi connectivity index (χ0v) is 14.6. The van der Waals surface area contributed by atoms with Crippen molar-refractivity contribution >= 4 is 28.4 Å². The molecule has 0 bridgehead atoms. The molecule has 1 aromatic heterocycles. The van der Waals surface area contributed by atoms with Gasteiger partial charge in [0.1, 0.15) is 5.82 Å². The normalized spacial score (nSPS) is 18.8. The number of hydrogen-bond acceptors (Lipinski definition) is 2. The number of carbonyl (C=O) groups excluding carboxylic acids is 2. The topological polar surface area (TPSA) is 65.2 Å². The van der Waals surface area contributed by atoms with Crippen molar-refractivity contribution in [3.8, 4) is 0 Å². The molecule has 0 saturated carbocycles. The first-order chi connectivity index (χ1) is 13.1. The van der Waals surface area contributed by atoms with Gasteiger partial charge in [-0.15, -0.1) is 0 Å². The van der Waals surface area contributed by atoms with E-state index in [1.807, 2.05) is 23.1 Å². The third-order valence-corrected chi connectivity index (χ3v) is 5.55. The van der Waals surface area contributed by atoms with E-state index >= 15 is 0 Å². The molecule has 3 heterocycles. The van der Waals surface area contributed by atoms with Crippen LogP contribution in [0.5, 0.6) is 0 Å². The van der Waals surface area contributed by atoms with Gasteiger partial charge < -0.3 is 15.2 Å². The fourth-order valence-corrected chi connectivity index (χ4v) is 4.23. The first kappa shape index (κ1) is 16.1. The zero-order valence-electron chi connectivity index (χ0n) is 14.6. The lowest BCUT2D eigenvalue weighted by Gasteiger charge is -2.33. The van der Waals surface area contributed by atoms with Crippen molar-refractivity contribution in [1.29, 1.82) is 0 Å². The van der Waals surface area contributed by atoms with Crippen molar-refractivity contribution < 1.29 is 14.0 Å². The molecule has 136 valence electrons. The quantitative estimate of drug-likeness (QED) is 0.697. The lowest BCUT2D eigenvalue weighted by Crippen LogP contribution is -2.41. The highest BCUT2D eigenvalue weighted by Gasteiger charge is 2.35. The molecule has 2 aromatic carbocycles. The molecule has 5 rings (SSSR count). The van der Waals surface area contributed by atoms with Crippen molar-refractivity contribution in [2.45, 2.75) is 25.3 Å². The van der Waals surface area contributed by atoms with Crippen LogP contribution in [0, 0.1) is 5.82 Å². The second-order valence-corrected chi connectivity index (χ2v) is 7.17. The molecule has 0 aliphatic carbocycles. The molecule has 5 nitrogen and oxygen atoms in total. The summed E-state index contributed by atoms with van der Waals surface area (Å²) in [5.41, 5.74) is 4.48. The number of nitrogens with zero attached hydrogens (tertiary/aromatic N) is 1. The Morgan fingerprint density at radius 1 is 1.19 bits per heavy atom. The van der Waals surface area contributed by atoms with E-state index in [1.54, 1.807) is 6.07 Å². The Hall–Kier alpha value is -3.15. The monoisotopic (exact) mass is 363 g/mol. The molecular formula is C21H18FN3O2. The summed E-state index contributed by atoms with van der Waals surface area (Å²) in [4.78, 5) is 30.6. The predicted molar refractivity (Wildman–Crippen MR) is 99.8 cm³/mol. The standard InChI is InChI=1S/C21H18FN3O2/c22-12-5-6-14-15(10-20(26)24-19(14)9-12)21(27)25-8-7-18-16(11-25)13-3-1-2-4-17(13)23-18/h1-6,9,15,23H,7-8,10-11H2,(H,24,26). The van der Waals surface area contributed by atoms with Gasteiger partial charge >= 0.3 is 0 Å². The van der Waals surface area contributed by atoms with E-state index in [1.165, 1.54) is 17.8 Å². The minimum atomic E-state index is -0.568. The average molecular weight is 363 g/mol. The van der Waals surface area contributed by atoms with Crippen LogP contribution in [0.3, 0.4) is 0 Å². The molecule has 0 radical (unpaired) electrons. The molecule has 2 amide bonds. The summed E-state index contributed by atoms with van der Waals surface area (Å²) in [7, 11) is 0. The first-order valence-corrected chi connectivity index (χ1v) is 9.06. The van der Waals surface area contributed by atoms with Crippen molar-refractivity contribution in [2.75, 3.05) is 11.9 Å². The van der Waals surface area contributed by atoms with Gasteiger partial charge in [-0.3, -0.25) is 9.59 Å². The number of halogens is 1. The van der Waals surface area contributed by atoms with Gasteiger partial charge in [-0.1, -0.05) is 24.3 Å². The maximum Gasteiger partial charge on any atom is 0.231 e. The van der Waals surface area contributed by atoms with E-state index in [0.717, 1.165) is 22.9 Å². The summed E-state index contributed by atoms with van der Waals surface area (Å²) in [5.74, 6) is -1.32. The van der Waals surface area contributed by atoms with Gasteiger partial charge in [-0.25, -0.2) is 4.39 Å². The van der Waals surface area contributed by atoms with Gasteiger partial charge in [-0.05, 0) is 23.8 Å². The van der Waals surface area contributed by atoms with E-state index in [9.17, 15) is 14.0 Å². The van der Waals surface area contributed by atoms with Crippen LogP contribution >= 0.6 is 0 Å². The molecule has 2 aliphatic rings. The molecule has 1 atom stereocenters. The number of hydrogen-bond donors (Lipinski definition) is 2. The Morgan fingerprint density at radius 3 is 2.93 bits per heavy atom. The summed E-state index contributed by atoms with van der Waals surface area (Å²) < 4.78 is 13.5. The summed E-state index contributed by atoms with van der Waals surface area (Å²) in [6, 6.07) is 12.3. The maximum atomic E-state index is 13.5. The van der Waals surface area contributed by atoms with Crippen molar-refractivity contribution in [2.24, 2.45) is 0 Å². The molecule has 1 unspecified atom stereocenters. The molecule has 27 heavy (non-hydrogen) atoms. The highest BCUT2D eigenvalue weighted by Crippen LogP contribution is 2.36. The van der Waals surface area contributed by atoms with Gasteiger partial charge in [0, 0.05) is 53.8 Å². The second kappa shape index (κ2) is 5.94. The van der Waals surface area contributed by atoms with Crippen LogP contribution in [0.4, 0.5) is 10.1 Å². The van der Waals surface area contributed by atoms with Crippen LogP contribution in [0.25, 0.3) is 10.9 Å². The number of fused-ring (bicyclic) bond motifs is 4. The predicted octanol–water partition coefficient (Wildman–Crippen LogP) is 3.32. The number of carbonyl (C=O) groups is 2. The Bertz CT molecular complexity index is 1090. The fourth-order valence-electron chi connectivity index (χ4n) is 4.23. The summed E-state index contributed by atoms with van der Waals surface area (Å²) in [6.07, 6.45) is 0.847. The lowest BCUT2D eigenvalue weighted by molar-refractivity contribution is -0.135. The van der Waals surface area contributed by atoms with Crippen LogP contribution in [0.15, 0.2) is 42.5 Å². The molecule has 0 saturated heterocycles. The number of H-pyrrole nitrogens is 1. The van der Waals surface area contributed by atoms with Crippen LogP contribution in [0.2, 0.25) is 0 Å². The minimum Gasteiger partial charge on any atom is -0.358 e. The van der Waals surface area contributed by atoms with Gasteiger partial charge in [0.25, 0.3) is 0 Å². The Kier molecular flexibility index (Phi) is 3.53. The van der Waals surface area contributed by atoms with E-state index in [0.29, 0.717) is 24.3 Å². The number of nitrogens with one attached hydrogen (secondary N) is 2. The van der Waals surface area contributed by atoms with Crippen molar-refractivity contribution in [1.82, 2.24) is 9.88 Å². The van der Waals surface area contributed by atoms with E-state index < -0.39 is 11.7 Å². The number of anilines is 1. The number of aromatic amines is 1. The van der Waals surface area contributed by atoms with E-state index in [2.05, 4.69) is 16.4 Å². The molecular weight excluding hydrogens is 345 g/mol. The Balaban J connectivity index is 1.48. The summed E-state index contributed by atoms with van der Waals surface area (Å²) >= 11 is 0. The van der Waals surface area contributed by atoms with Crippen LogP contribution in [-0.2, 0) is 22.6 Å². The molecule has 3 aromatic rings. The van der Waals surface area contributed by atoms with E-state index in [4.69, 9.17) is 0 Å². The first-order valence-electron chi connectivity index (χ1n) is 9.06. The Labute approximate surface area is 155 Å². The van der Waals surface area contributed by atoms with Gasteiger partial charge in [0.2, 0.25) is 11.8 Å². The van der Waals surface area contributed by atoms with Gasteiger partial charge in [0.05, 0.1) is 5.92 Å². The second-order valence-electron chi connectivity index (χ2n) is 7.17. The summed E-state index contributed by atoms with van der Waals surface area (Å²) in [6.45, 7) is 1.13.